The SMILES string of the molecule is COc1ccc([C@@H](C)C(=O)NCc2cn3ccsc3n2)cc1OC. The number of carbonyl (C=O) groups excluding carboxylic acids is 1. The van der Waals surface area contributed by atoms with E-state index in [1.165, 1.54) is 0 Å². The van der Waals surface area contributed by atoms with Crippen molar-refractivity contribution in [2.45, 2.75) is 19.4 Å². The van der Waals surface area contributed by atoms with Crippen LogP contribution in [-0.2, 0) is 11.3 Å². The molecule has 0 fully saturated rings. The Morgan fingerprint density at radius 2 is 2.12 bits per heavy atom. The van der Waals surface area contributed by atoms with E-state index < -0.39 is 0 Å². The lowest BCUT2D eigenvalue weighted by atomic mass is 10.00. The predicted molar refractivity (Wildman–Crippen MR) is 92.9 cm³/mol. The topological polar surface area (TPSA) is 64.9 Å². The molecule has 2 heterocycles. The molecular weight excluding hydrogens is 326 g/mol. The van der Waals surface area contributed by atoms with E-state index in [-0.39, 0.29) is 11.8 Å². The number of nitrogens with one attached hydrogen (secondary N) is 1. The molecule has 7 heteroatoms. The summed E-state index contributed by atoms with van der Waals surface area (Å²) in [6, 6.07) is 5.51. The maximum absolute atomic E-state index is 12.4. The van der Waals surface area contributed by atoms with Gasteiger partial charge in [-0.25, -0.2) is 4.98 Å². The van der Waals surface area contributed by atoms with Crippen LogP contribution in [0.2, 0.25) is 0 Å². The normalized spacial score (nSPS) is 12.1. The van der Waals surface area contributed by atoms with Gasteiger partial charge in [-0.1, -0.05) is 6.07 Å². The van der Waals surface area contributed by atoms with Crippen LogP contribution >= 0.6 is 11.3 Å². The van der Waals surface area contributed by atoms with Crippen LogP contribution in [0.15, 0.2) is 36.0 Å². The number of carbonyl (C=O) groups is 1. The van der Waals surface area contributed by atoms with Crippen molar-refractivity contribution in [3.8, 4) is 11.5 Å². The number of nitrogens with zero attached hydrogens (tertiary/aromatic N) is 2. The Morgan fingerprint density at radius 3 is 2.83 bits per heavy atom. The van der Waals surface area contributed by atoms with Crippen molar-refractivity contribution in [2.24, 2.45) is 0 Å². The molecule has 0 aliphatic heterocycles. The fourth-order valence-electron chi connectivity index (χ4n) is 2.47. The van der Waals surface area contributed by atoms with E-state index in [0.29, 0.717) is 18.0 Å². The zero-order valence-electron chi connectivity index (χ0n) is 13.8. The van der Waals surface area contributed by atoms with Crippen molar-refractivity contribution in [3.63, 3.8) is 0 Å². The Kier molecular flexibility index (Phi) is 4.71. The Balaban J connectivity index is 1.66. The standard InChI is InChI=1S/C17H19N3O3S/c1-11(12-4-5-14(22-2)15(8-12)23-3)16(21)18-9-13-10-20-6-7-24-17(20)19-13/h4-8,10-11H,9H2,1-3H3,(H,18,21)/t11-/m1/s1. The van der Waals surface area contributed by atoms with Gasteiger partial charge in [0.05, 0.1) is 32.4 Å². The van der Waals surface area contributed by atoms with Gasteiger partial charge in [0.1, 0.15) is 0 Å². The fraction of sp³-hybridized carbons (Fsp3) is 0.294. The molecule has 0 radical (unpaired) electrons. The van der Waals surface area contributed by atoms with Gasteiger partial charge in [0.25, 0.3) is 0 Å². The molecule has 0 bridgehead atoms. The van der Waals surface area contributed by atoms with Crippen molar-refractivity contribution in [1.82, 2.24) is 14.7 Å². The molecule has 24 heavy (non-hydrogen) atoms. The van der Waals surface area contributed by atoms with Crippen LogP contribution in [0.1, 0.15) is 24.1 Å². The van der Waals surface area contributed by atoms with Crippen molar-refractivity contribution >= 4 is 22.2 Å². The van der Waals surface area contributed by atoms with Gasteiger partial charge < -0.3 is 14.8 Å². The molecule has 0 saturated heterocycles. The zero-order valence-corrected chi connectivity index (χ0v) is 14.6. The largest absolute Gasteiger partial charge is 0.493 e. The first-order valence-corrected chi connectivity index (χ1v) is 8.41. The molecular formula is C17H19N3O3S. The molecule has 1 atom stereocenters. The number of hydrogen-bond donors (Lipinski definition) is 1. The summed E-state index contributed by atoms with van der Waals surface area (Å²) in [5.74, 6) is 0.906. The molecule has 0 aliphatic rings. The van der Waals surface area contributed by atoms with E-state index in [4.69, 9.17) is 9.47 Å². The molecule has 3 rings (SSSR count). The van der Waals surface area contributed by atoms with Crippen LogP contribution in [0.25, 0.3) is 4.96 Å². The molecule has 0 aliphatic carbocycles. The maximum atomic E-state index is 12.4. The molecule has 1 amide bonds. The summed E-state index contributed by atoms with van der Waals surface area (Å²) in [7, 11) is 3.17. The van der Waals surface area contributed by atoms with Crippen LogP contribution in [-0.4, -0.2) is 29.5 Å². The molecule has 0 saturated carbocycles. The predicted octanol–water partition coefficient (Wildman–Crippen LogP) is 2.83. The van der Waals surface area contributed by atoms with Crippen LogP contribution in [0.5, 0.6) is 11.5 Å². The Labute approximate surface area is 144 Å². The molecule has 0 unspecified atom stereocenters. The van der Waals surface area contributed by atoms with Gasteiger partial charge in [-0.2, -0.15) is 0 Å². The third-order valence-electron chi connectivity index (χ3n) is 3.89. The van der Waals surface area contributed by atoms with E-state index in [9.17, 15) is 4.79 Å². The average molecular weight is 345 g/mol. The summed E-state index contributed by atoms with van der Waals surface area (Å²) in [6.45, 7) is 2.27. The van der Waals surface area contributed by atoms with Crippen molar-refractivity contribution in [1.29, 1.82) is 0 Å². The van der Waals surface area contributed by atoms with Crippen molar-refractivity contribution in [2.75, 3.05) is 14.2 Å². The lowest BCUT2D eigenvalue weighted by Crippen LogP contribution is -2.27. The number of amides is 1. The quantitative estimate of drug-likeness (QED) is 0.746. The Hall–Kier alpha value is -2.54. The van der Waals surface area contributed by atoms with E-state index in [1.54, 1.807) is 31.6 Å². The number of ether oxygens (including phenoxy) is 2. The van der Waals surface area contributed by atoms with Gasteiger partial charge in [0.15, 0.2) is 16.5 Å². The zero-order chi connectivity index (χ0) is 17.1. The summed E-state index contributed by atoms with van der Waals surface area (Å²) in [6.07, 6.45) is 3.87. The first-order chi connectivity index (χ1) is 11.6. The molecule has 6 nitrogen and oxygen atoms in total. The van der Waals surface area contributed by atoms with Gasteiger partial charge >= 0.3 is 0 Å². The van der Waals surface area contributed by atoms with Crippen molar-refractivity contribution in [3.05, 3.63) is 47.2 Å². The monoisotopic (exact) mass is 345 g/mol. The highest BCUT2D eigenvalue weighted by Gasteiger charge is 2.17. The number of aromatic nitrogens is 2. The van der Waals surface area contributed by atoms with E-state index in [1.807, 2.05) is 41.2 Å². The molecule has 0 spiro atoms. The minimum absolute atomic E-state index is 0.0569. The third kappa shape index (κ3) is 3.21. The summed E-state index contributed by atoms with van der Waals surface area (Å²) >= 11 is 1.57. The minimum atomic E-state index is -0.298. The average Bonchev–Trinajstić information content (AvgIpc) is 3.19. The first-order valence-electron chi connectivity index (χ1n) is 7.53. The second-order valence-corrected chi connectivity index (χ2v) is 6.25. The minimum Gasteiger partial charge on any atom is -0.493 e. The maximum Gasteiger partial charge on any atom is 0.227 e. The Bertz CT molecular complexity index is 827. The van der Waals surface area contributed by atoms with Crippen molar-refractivity contribution < 1.29 is 14.3 Å². The molecule has 3 aromatic rings. The van der Waals surface area contributed by atoms with Gasteiger partial charge in [0, 0.05) is 17.8 Å². The molecule has 1 N–H and O–H groups in total. The van der Waals surface area contributed by atoms with E-state index in [0.717, 1.165) is 16.2 Å². The molecule has 1 aromatic carbocycles. The number of imidazole rings is 1. The highest BCUT2D eigenvalue weighted by molar-refractivity contribution is 7.15. The van der Waals surface area contributed by atoms with Gasteiger partial charge in [-0.05, 0) is 24.6 Å². The summed E-state index contributed by atoms with van der Waals surface area (Å²) < 4.78 is 12.5. The second-order valence-electron chi connectivity index (χ2n) is 5.38. The fourth-order valence-corrected chi connectivity index (χ4v) is 3.18. The summed E-state index contributed by atoms with van der Waals surface area (Å²) in [5.41, 5.74) is 1.71. The smallest absolute Gasteiger partial charge is 0.227 e. The van der Waals surface area contributed by atoms with Crippen LogP contribution in [0.4, 0.5) is 0 Å². The highest BCUT2D eigenvalue weighted by atomic mass is 32.1. The highest BCUT2D eigenvalue weighted by Crippen LogP contribution is 2.30. The third-order valence-corrected chi connectivity index (χ3v) is 4.66. The number of rotatable bonds is 6. The lowest BCUT2D eigenvalue weighted by Gasteiger charge is -2.14. The van der Waals surface area contributed by atoms with Crippen LogP contribution in [0, 0.1) is 0 Å². The molecule has 2 aromatic heterocycles. The van der Waals surface area contributed by atoms with Gasteiger partial charge in [-0.15, -0.1) is 11.3 Å². The summed E-state index contributed by atoms with van der Waals surface area (Å²) in [4.78, 5) is 17.8. The summed E-state index contributed by atoms with van der Waals surface area (Å²) in [5, 5.41) is 4.91. The number of benzene rings is 1. The van der Waals surface area contributed by atoms with E-state index >= 15 is 0 Å². The van der Waals surface area contributed by atoms with Gasteiger partial charge in [-0.3, -0.25) is 9.20 Å². The molecule has 126 valence electrons. The Morgan fingerprint density at radius 1 is 1.33 bits per heavy atom. The van der Waals surface area contributed by atoms with Crippen LogP contribution in [0.3, 0.4) is 0 Å². The number of fused-ring (bicyclic) bond motifs is 1. The van der Waals surface area contributed by atoms with Gasteiger partial charge in [0.2, 0.25) is 5.91 Å². The number of methoxy groups -OCH3 is 2. The second kappa shape index (κ2) is 6.92. The van der Waals surface area contributed by atoms with Crippen LogP contribution < -0.4 is 14.8 Å². The van der Waals surface area contributed by atoms with E-state index in [2.05, 4.69) is 10.3 Å². The lowest BCUT2D eigenvalue weighted by molar-refractivity contribution is -0.122. The first kappa shape index (κ1) is 16.3. The number of hydrogen-bond acceptors (Lipinski definition) is 5. The number of thiazole rings is 1.